The van der Waals surface area contributed by atoms with Gasteiger partial charge in [-0.05, 0) is 55.8 Å². The lowest BCUT2D eigenvalue weighted by atomic mass is 10.2. The van der Waals surface area contributed by atoms with E-state index >= 15 is 0 Å². The number of anilines is 2. The van der Waals surface area contributed by atoms with E-state index in [1.807, 2.05) is 0 Å². The van der Waals surface area contributed by atoms with Gasteiger partial charge < -0.3 is 5.32 Å². The Bertz CT molecular complexity index is 1140. The summed E-state index contributed by atoms with van der Waals surface area (Å²) in [5.41, 5.74) is 1.73. The summed E-state index contributed by atoms with van der Waals surface area (Å²) >= 11 is 12.8. The summed E-state index contributed by atoms with van der Waals surface area (Å²) in [6.07, 6.45) is 0. The quantitative estimate of drug-likeness (QED) is 0.558. The number of carbonyl (C=O) groups is 1. The van der Waals surface area contributed by atoms with Gasteiger partial charge in [-0.2, -0.15) is 0 Å². The van der Waals surface area contributed by atoms with Crippen LogP contribution in [0.5, 0.6) is 0 Å². The number of rotatable bonds is 5. The van der Waals surface area contributed by atoms with Crippen molar-refractivity contribution in [2.75, 3.05) is 10.0 Å². The van der Waals surface area contributed by atoms with Gasteiger partial charge >= 0.3 is 0 Å². The summed E-state index contributed by atoms with van der Waals surface area (Å²) in [7, 11) is -3.84. The molecule has 3 rings (SSSR count). The number of sulfonamides is 1. The SMILES string of the molecule is Cc1nc(NS(=O)(=O)c2ccc(Cl)cc2)sc1C(=O)Nc1cccc(Cl)c1C. The van der Waals surface area contributed by atoms with Gasteiger partial charge in [0.05, 0.1) is 10.6 Å². The van der Waals surface area contributed by atoms with Gasteiger partial charge in [0, 0.05) is 15.7 Å². The largest absolute Gasteiger partial charge is 0.321 e. The van der Waals surface area contributed by atoms with Crippen molar-refractivity contribution in [3.05, 3.63) is 68.6 Å². The minimum atomic E-state index is -3.84. The van der Waals surface area contributed by atoms with Gasteiger partial charge in [-0.3, -0.25) is 9.52 Å². The molecular weight excluding hydrogens is 441 g/mol. The number of hydrogen-bond acceptors (Lipinski definition) is 5. The number of hydrogen-bond donors (Lipinski definition) is 2. The van der Waals surface area contributed by atoms with Crippen LogP contribution in [0.3, 0.4) is 0 Å². The predicted octanol–water partition coefficient (Wildman–Crippen LogP) is 5.12. The zero-order valence-corrected chi connectivity index (χ0v) is 17.9. The third-order valence-electron chi connectivity index (χ3n) is 3.86. The third-order valence-corrected chi connectivity index (χ3v) is 7.08. The summed E-state index contributed by atoms with van der Waals surface area (Å²) in [5.74, 6) is -0.391. The number of aryl methyl sites for hydroxylation is 1. The summed E-state index contributed by atoms with van der Waals surface area (Å²) in [6, 6.07) is 10.9. The normalized spacial score (nSPS) is 11.3. The van der Waals surface area contributed by atoms with Gasteiger partial charge in [-0.25, -0.2) is 13.4 Å². The Morgan fingerprint density at radius 2 is 1.75 bits per heavy atom. The topological polar surface area (TPSA) is 88.2 Å². The summed E-state index contributed by atoms with van der Waals surface area (Å²) in [4.78, 5) is 17.1. The number of halogens is 2. The second-order valence-electron chi connectivity index (χ2n) is 5.86. The van der Waals surface area contributed by atoms with Crippen molar-refractivity contribution >= 4 is 61.3 Å². The van der Waals surface area contributed by atoms with Gasteiger partial charge in [0.15, 0.2) is 5.13 Å². The van der Waals surface area contributed by atoms with Gasteiger partial charge in [-0.15, -0.1) is 0 Å². The molecule has 0 atom stereocenters. The number of aromatic nitrogens is 1. The molecule has 28 heavy (non-hydrogen) atoms. The second kappa shape index (κ2) is 8.08. The Balaban J connectivity index is 1.82. The molecule has 0 fully saturated rings. The van der Waals surface area contributed by atoms with Crippen molar-refractivity contribution in [1.29, 1.82) is 0 Å². The molecule has 0 saturated carbocycles. The molecule has 146 valence electrons. The molecule has 10 heteroatoms. The molecule has 0 radical (unpaired) electrons. The van der Waals surface area contributed by atoms with E-state index in [9.17, 15) is 13.2 Å². The van der Waals surface area contributed by atoms with Gasteiger partial charge in [0.1, 0.15) is 4.88 Å². The smallest absolute Gasteiger partial charge is 0.267 e. The number of nitrogens with zero attached hydrogens (tertiary/aromatic N) is 1. The molecular formula is C18H15Cl2N3O3S2. The Labute approximate surface area is 176 Å². The highest BCUT2D eigenvalue weighted by Gasteiger charge is 2.21. The van der Waals surface area contributed by atoms with Crippen molar-refractivity contribution in [2.45, 2.75) is 18.7 Å². The lowest BCUT2D eigenvalue weighted by Crippen LogP contribution is -2.12. The number of amides is 1. The lowest BCUT2D eigenvalue weighted by molar-refractivity contribution is 0.102. The molecule has 0 bridgehead atoms. The fraction of sp³-hybridized carbons (Fsp3) is 0.111. The van der Waals surface area contributed by atoms with Crippen LogP contribution in [0.25, 0.3) is 0 Å². The maximum Gasteiger partial charge on any atom is 0.267 e. The van der Waals surface area contributed by atoms with Gasteiger partial charge in [-0.1, -0.05) is 40.6 Å². The van der Waals surface area contributed by atoms with E-state index in [1.54, 1.807) is 32.0 Å². The first-order chi connectivity index (χ1) is 13.2. The Kier molecular flexibility index (Phi) is 5.95. The number of carbonyl (C=O) groups excluding carboxylic acids is 1. The zero-order valence-electron chi connectivity index (χ0n) is 14.8. The summed E-state index contributed by atoms with van der Waals surface area (Å²) < 4.78 is 27.3. The van der Waals surface area contributed by atoms with E-state index in [0.29, 0.717) is 26.3 Å². The van der Waals surface area contributed by atoms with Crippen molar-refractivity contribution in [3.8, 4) is 0 Å². The molecule has 0 unspecified atom stereocenters. The van der Waals surface area contributed by atoms with Crippen LogP contribution < -0.4 is 10.0 Å². The number of benzene rings is 2. The Hall–Kier alpha value is -2.13. The molecule has 1 amide bonds. The van der Waals surface area contributed by atoms with Crippen LogP contribution in [0.4, 0.5) is 10.8 Å². The fourth-order valence-electron chi connectivity index (χ4n) is 2.36. The van der Waals surface area contributed by atoms with Crippen molar-refractivity contribution < 1.29 is 13.2 Å². The number of nitrogens with one attached hydrogen (secondary N) is 2. The van der Waals surface area contributed by atoms with E-state index in [-0.39, 0.29) is 10.0 Å². The lowest BCUT2D eigenvalue weighted by Gasteiger charge is -2.08. The van der Waals surface area contributed by atoms with Crippen LogP contribution in [0.2, 0.25) is 10.0 Å². The zero-order chi connectivity index (χ0) is 20.5. The maximum atomic E-state index is 12.6. The monoisotopic (exact) mass is 455 g/mol. The molecule has 1 aromatic heterocycles. The Morgan fingerprint density at radius 1 is 1.07 bits per heavy atom. The predicted molar refractivity (Wildman–Crippen MR) is 113 cm³/mol. The van der Waals surface area contributed by atoms with Crippen molar-refractivity contribution in [3.63, 3.8) is 0 Å². The average Bonchev–Trinajstić information content (AvgIpc) is 2.99. The third kappa shape index (κ3) is 4.47. The van der Waals surface area contributed by atoms with Crippen LogP contribution in [-0.2, 0) is 10.0 Å². The molecule has 6 nitrogen and oxygen atoms in total. The first-order valence-electron chi connectivity index (χ1n) is 7.99. The highest BCUT2D eigenvalue weighted by atomic mass is 35.5. The van der Waals surface area contributed by atoms with Crippen LogP contribution in [0.15, 0.2) is 47.4 Å². The summed E-state index contributed by atoms with van der Waals surface area (Å²) in [5, 5.41) is 3.84. The Morgan fingerprint density at radius 3 is 2.43 bits per heavy atom. The van der Waals surface area contributed by atoms with E-state index < -0.39 is 15.9 Å². The molecule has 0 spiro atoms. The molecule has 3 aromatic rings. The van der Waals surface area contributed by atoms with E-state index in [0.717, 1.165) is 16.9 Å². The standard InChI is InChI=1S/C18H15Cl2N3O3S2/c1-10-14(20)4-3-5-15(10)22-17(24)16-11(2)21-18(27-16)23-28(25,26)13-8-6-12(19)7-9-13/h3-9H,1-2H3,(H,21,23)(H,22,24). The van der Waals surface area contributed by atoms with Crippen molar-refractivity contribution in [2.24, 2.45) is 0 Å². The summed E-state index contributed by atoms with van der Waals surface area (Å²) in [6.45, 7) is 3.43. The minimum Gasteiger partial charge on any atom is -0.321 e. The van der Waals surface area contributed by atoms with Gasteiger partial charge in [0.25, 0.3) is 15.9 Å². The molecule has 2 N–H and O–H groups in total. The second-order valence-corrected chi connectivity index (χ2v) is 9.38. The van der Waals surface area contributed by atoms with Crippen LogP contribution in [0.1, 0.15) is 20.9 Å². The molecule has 1 heterocycles. The molecule has 0 aliphatic carbocycles. The maximum absolute atomic E-state index is 12.6. The fourth-order valence-corrected chi connectivity index (χ4v) is 4.76. The van der Waals surface area contributed by atoms with E-state index in [4.69, 9.17) is 23.2 Å². The first-order valence-corrected chi connectivity index (χ1v) is 11.1. The van der Waals surface area contributed by atoms with Crippen LogP contribution in [0, 0.1) is 13.8 Å². The van der Waals surface area contributed by atoms with E-state index in [2.05, 4.69) is 15.0 Å². The minimum absolute atomic E-state index is 0.0466. The molecule has 0 saturated heterocycles. The van der Waals surface area contributed by atoms with E-state index in [1.165, 1.54) is 24.3 Å². The van der Waals surface area contributed by atoms with Crippen molar-refractivity contribution in [1.82, 2.24) is 4.98 Å². The molecule has 2 aromatic carbocycles. The highest BCUT2D eigenvalue weighted by Crippen LogP contribution is 2.28. The molecule has 0 aliphatic rings. The highest BCUT2D eigenvalue weighted by molar-refractivity contribution is 7.93. The average molecular weight is 456 g/mol. The number of thiazole rings is 1. The van der Waals surface area contributed by atoms with Crippen LogP contribution in [-0.4, -0.2) is 19.3 Å². The molecule has 0 aliphatic heterocycles. The first kappa shape index (κ1) is 20.6. The van der Waals surface area contributed by atoms with Crippen LogP contribution >= 0.6 is 34.5 Å². The van der Waals surface area contributed by atoms with Gasteiger partial charge in [0.2, 0.25) is 0 Å².